The number of alkyl halides is 1. The lowest BCUT2D eigenvalue weighted by Gasteiger charge is -2.07. The largest absolute Gasteiger partial charge is 0.206 e. The fourth-order valence-corrected chi connectivity index (χ4v) is 2.66. The van der Waals surface area contributed by atoms with Crippen molar-refractivity contribution in [1.29, 1.82) is 0 Å². The lowest BCUT2D eigenvalue weighted by molar-refractivity contribution is 0.623. The average molecular weight is 290 g/mol. The van der Waals surface area contributed by atoms with Gasteiger partial charge in [0.05, 0.1) is 0 Å². The smallest absolute Gasteiger partial charge is 0.130 e. The number of benzene rings is 1. The molecule has 0 N–H and O–H groups in total. The van der Waals surface area contributed by atoms with Crippen molar-refractivity contribution >= 4 is 33.1 Å². The molecule has 0 amide bonds. The molecule has 80 valence electrons. The van der Waals surface area contributed by atoms with E-state index in [-0.39, 0.29) is 5.82 Å². The summed E-state index contributed by atoms with van der Waals surface area (Å²) in [5.74, 6) is 0.360. The van der Waals surface area contributed by atoms with Gasteiger partial charge in [0.15, 0.2) is 0 Å². The van der Waals surface area contributed by atoms with Crippen LogP contribution in [0.2, 0.25) is 0 Å². The Morgan fingerprint density at radius 3 is 2.87 bits per heavy atom. The van der Waals surface area contributed by atoms with Crippen molar-refractivity contribution in [2.24, 2.45) is 0 Å². The van der Waals surface area contributed by atoms with Crippen LogP contribution >= 0.6 is 27.5 Å². The van der Waals surface area contributed by atoms with E-state index in [2.05, 4.69) is 15.9 Å². The summed E-state index contributed by atoms with van der Waals surface area (Å²) in [6.07, 6.45) is 3.03. The van der Waals surface area contributed by atoms with Crippen LogP contribution in [0.15, 0.2) is 28.2 Å². The van der Waals surface area contributed by atoms with Crippen LogP contribution in [0.5, 0.6) is 0 Å². The summed E-state index contributed by atoms with van der Waals surface area (Å²) in [7, 11) is 0. The molecular formula is C12H11BrClF. The van der Waals surface area contributed by atoms with Crippen molar-refractivity contribution in [3.8, 4) is 0 Å². The third-order valence-electron chi connectivity index (χ3n) is 2.75. The lowest BCUT2D eigenvalue weighted by Crippen LogP contribution is -1.91. The van der Waals surface area contributed by atoms with Gasteiger partial charge in [-0.05, 0) is 43.0 Å². The third kappa shape index (κ3) is 2.26. The number of hydrogen-bond donors (Lipinski definition) is 0. The molecule has 0 aliphatic heterocycles. The average Bonchev–Trinajstić information content (AvgIpc) is 2.69. The van der Waals surface area contributed by atoms with E-state index in [1.807, 2.05) is 6.07 Å². The van der Waals surface area contributed by atoms with E-state index < -0.39 is 0 Å². The zero-order valence-electron chi connectivity index (χ0n) is 8.19. The standard InChI is InChI=1S/C12H11BrClF/c13-9-4-5-12(15)11(6-9)10-3-1-2-8(10)7-14/h4-6H,1-3,7H2. The number of rotatable bonds is 2. The summed E-state index contributed by atoms with van der Waals surface area (Å²) >= 11 is 9.22. The van der Waals surface area contributed by atoms with Crippen LogP contribution in [-0.4, -0.2) is 5.88 Å². The SMILES string of the molecule is Fc1ccc(Br)cc1C1=C(CCl)CCC1. The minimum absolute atomic E-state index is 0.155. The predicted octanol–water partition coefficient (Wildman–Crippen LogP) is 4.76. The van der Waals surface area contributed by atoms with Gasteiger partial charge in [0.25, 0.3) is 0 Å². The van der Waals surface area contributed by atoms with Crippen LogP contribution in [-0.2, 0) is 0 Å². The van der Waals surface area contributed by atoms with Gasteiger partial charge in [-0.1, -0.05) is 21.5 Å². The number of allylic oxidation sites excluding steroid dienone is 2. The first kappa shape index (κ1) is 11.2. The van der Waals surface area contributed by atoms with E-state index in [0.717, 1.165) is 29.3 Å². The zero-order chi connectivity index (χ0) is 10.8. The third-order valence-corrected chi connectivity index (χ3v) is 3.56. The van der Waals surface area contributed by atoms with Gasteiger partial charge in [0, 0.05) is 15.9 Å². The maximum Gasteiger partial charge on any atom is 0.130 e. The molecule has 0 radical (unpaired) electrons. The second-order valence-electron chi connectivity index (χ2n) is 3.69. The van der Waals surface area contributed by atoms with Gasteiger partial charge in [0.2, 0.25) is 0 Å². The van der Waals surface area contributed by atoms with Crippen LogP contribution in [0.4, 0.5) is 4.39 Å². The van der Waals surface area contributed by atoms with Crippen LogP contribution in [0.3, 0.4) is 0 Å². The van der Waals surface area contributed by atoms with Crippen LogP contribution in [0, 0.1) is 5.82 Å². The molecule has 0 nitrogen and oxygen atoms in total. The molecule has 3 heteroatoms. The molecule has 0 fully saturated rings. The molecule has 0 atom stereocenters. The Morgan fingerprint density at radius 1 is 1.33 bits per heavy atom. The van der Waals surface area contributed by atoms with Crippen molar-refractivity contribution in [2.45, 2.75) is 19.3 Å². The maximum absolute atomic E-state index is 13.6. The summed E-state index contributed by atoms with van der Waals surface area (Å²) in [5, 5.41) is 0. The summed E-state index contributed by atoms with van der Waals surface area (Å²) < 4.78 is 14.5. The van der Waals surface area contributed by atoms with E-state index in [4.69, 9.17) is 11.6 Å². The van der Waals surface area contributed by atoms with E-state index in [9.17, 15) is 4.39 Å². The Kier molecular flexibility index (Phi) is 3.47. The van der Waals surface area contributed by atoms with Gasteiger partial charge in [-0.3, -0.25) is 0 Å². The Hall–Kier alpha value is -0.340. The quantitative estimate of drug-likeness (QED) is 0.688. The Labute approximate surface area is 102 Å². The van der Waals surface area contributed by atoms with Gasteiger partial charge in [0.1, 0.15) is 5.82 Å². The summed E-state index contributed by atoms with van der Waals surface area (Å²) in [5.41, 5.74) is 3.00. The highest BCUT2D eigenvalue weighted by molar-refractivity contribution is 9.10. The molecule has 0 aromatic heterocycles. The fourth-order valence-electron chi connectivity index (χ4n) is 2.01. The Bertz CT molecular complexity index is 412. The van der Waals surface area contributed by atoms with Gasteiger partial charge in [-0.2, -0.15) is 0 Å². The van der Waals surface area contributed by atoms with E-state index in [1.54, 1.807) is 6.07 Å². The topological polar surface area (TPSA) is 0 Å². The molecule has 0 saturated carbocycles. The molecule has 0 saturated heterocycles. The van der Waals surface area contributed by atoms with Gasteiger partial charge < -0.3 is 0 Å². The van der Waals surface area contributed by atoms with Crippen molar-refractivity contribution < 1.29 is 4.39 Å². The monoisotopic (exact) mass is 288 g/mol. The van der Waals surface area contributed by atoms with E-state index in [1.165, 1.54) is 11.6 Å². The number of halogens is 3. The van der Waals surface area contributed by atoms with Gasteiger partial charge in [-0.25, -0.2) is 4.39 Å². The molecule has 2 rings (SSSR count). The highest BCUT2D eigenvalue weighted by Gasteiger charge is 2.18. The van der Waals surface area contributed by atoms with Crippen molar-refractivity contribution in [1.82, 2.24) is 0 Å². The minimum Gasteiger partial charge on any atom is -0.206 e. The molecule has 1 aliphatic carbocycles. The first-order chi connectivity index (χ1) is 7.22. The summed E-state index contributed by atoms with van der Waals surface area (Å²) in [4.78, 5) is 0. The first-order valence-electron chi connectivity index (χ1n) is 4.94. The zero-order valence-corrected chi connectivity index (χ0v) is 10.5. The van der Waals surface area contributed by atoms with Crippen molar-refractivity contribution in [2.75, 3.05) is 5.88 Å². The Balaban J connectivity index is 2.48. The van der Waals surface area contributed by atoms with Crippen LogP contribution < -0.4 is 0 Å². The van der Waals surface area contributed by atoms with Gasteiger partial charge >= 0.3 is 0 Å². The molecule has 1 aliphatic rings. The minimum atomic E-state index is -0.155. The molecule has 0 heterocycles. The second-order valence-corrected chi connectivity index (χ2v) is 4.88. The fraction of sp³-hybridized carbons (Fsp3) is 0.333. The first-order valence-corrected chi connectivity index (χ1v) is 6.27. The van der Waals surface area contributed by atoms with E-state index >= 15 is 0 Å². The highest BCUT2D eigenvalue weighted by Crippen LogP contribution is 2.36. The molecule has 1 aromatic rings. The summed E-state index contributed by atoms with van der Waals surface area (Å²) in [6.45, 7) is 0. The maximum atomic E-state index is 13.6. The predicted molar refractivity (Wildman–Crippen MR) is 65.6 cm³/mol. The highest BCUT2D eigenvalue weighted by atomic mass is 79.9. The lowest BCUT2D eigenvalue weighted by atomic mass is 10.0. The molecule has 0 unspecified atom stereocenters. The van der Waals surface area contributed by atoms with Crippen molar-refractivity contribution in [3.05, 3.63) is 39.6 Å². The molecule has 15 heavy (non-hydrogen) atoms. The second kappa shape index (κ2) is 4.67. The Morgan fingerprint density at radius 2 is 2.13 bits per heavy atom. The van der Waals surface area contributed by atoms with E-state index in [0.29, 0.717) is 11.4 Å². The number of hydrogen-bond acceptors (Lipinski definition) is 0. The molecule has 1 aromatic carbocycles. The molecule has 0 bridgehead atoms. The van der Waals surface area contributed by atoms with Gasteiger partial charge in [-0.15, -0.1) is 11.6 Å². The van der Waals surface area contributed by atoms with Crippen LogP contribution in [0.1, 0.15) is 24.8 Å². The molecular weight excluding hydrogens is 278 g/mol. The summed E-state index contributed by atoms with van der Waals surface area (Å²) in [6, 6.07) is 5.05. The van der Waals surface area contributed by atoms with Crippen LogP contribution in [0.25, 0.3) is 5.57 Å². The van der Waals surface area contributed by atoms with Crippen molar-refractivity contribution in [3.63, 3.8) is 0 Å². The molecule has 0 spiro atoms. The normalized spacial score (nSPS) is 16.2.